The Morgan fingerprint density at radius 1 is 1.05 bits per heavy atom. The standard InChI is InChI=1S/C32H43N3O9/c1-18-22(29(36)37)14-23(19-8-13-24(33-15-19)35-16-25(39-6)41-26(17-35)40-7)28-27(18)42-32(5,43-28)20-9-11-21(12-10-20)34-30(38)44-31(2,3)4/h8,13-15,20-21,25-26H,9-12,16-17H2,1-7H3,(H,34,38)(H,36,37)/t20?,21?,25-,26+,32?. The Hall–Kier alpha value is -3.61. The summed E-state index contributed by atoms with van der Waals surface area (Å²) in [6.07, 6.45) is 3.38. The molecule has 3 atom stereocenters. The lowest BCUT2D eigenvalue weighted by Crippen LogP contribution is -2.49. The summed E-state index contributed by atoms with van der Waals surface area (Å²) in [4.78, 5) is 31.3. The Bertz CT molecular complexity index is 1360. The van der Waals surface area contributed by atoms with Gasteiger partial charge in [-0.1, -0.05) is 0 Å². The molecule has 1 aliphatic carbocycles. The molecule has 2 aromatic rings. The molecular formula is C32H43N3O9. The number of rotatable bonds is 7. The van der Waals surface area contributed by atoms with Crippen LogP contribution in [0.4, 0.5) is 10.6 Å². The van der Waals surface area contributed by atoms with Crippen molar-refractivity contribution >= 4 is 17.9 Å². The lowest BCUT2D eigenvalue weighted by molar-refractivity contribution is -0.235. The highest BCUT2D eigenvalue weighted by molar-refractivity contribution is 5.94. The third kappa shape index (κ3) is 6.72. The molecule has 1 saturated heterocycles. The Labute approximate surface area is 257 Å². The maximum atomic E-state index is 12.3. The zero-order chi connectivity index (χ0) is 31.8. The van der Waals surface area contributed by atoms with Gasteiger partial charge in [-0.3, -0.25) is 0 Å². The van der Waals surface area contributed by atoms with Gasteiger partial charge in [-0.2, -0.15) is 0 Å². The number of fused-ring (bicyclic) bond motifs is 1. The summed E-state index contributed by atoms with van der Waals surface area (Å²) in [6, 6.07) is 5.39. The summed E-state index contributed by atoms with van der Waals surface area (Å²) < 4.78 is 35.0. The minimum absolute atomic E-state index is 0.00113. The van der Waals surface area contributed by atoms with Crippen LogP contribution in [0.5, 0.6) is 11.5 Å². The molecule has 12 nitrogen and oxygen atoms in total. The predicted molar refractivity (Wildman–Crippen MR) is 161 cm³/mol. The van der Waals surface area contributed by atoms with E-state index in [-0.39, 0.29) is 17.5 Å². The van der Waals surface area contributed by atoms with Crippen molar-refractivity contribution in [3.8, 4) is 22.6 Å². The van der Waals surface area contributed by atoms with E-state index < -0.39 is 36.0 Å². The molecule has 1 unspecified atom stereocenters. The van der Waals surface area contributed by atoms with Crippen LogP contribution in [0.1, 0.15) is 69.3 Å². The lowest BCUT2D eigenvalue weighted by Gasteiger charge is -2.37. The molecule has 1 saturated carbocycles. The average molecular weight is 614 g/mol. The van der Waals surface area contributed by atoms with E-state index in [1.54, 1.807) is 33.4 Å². The number of benzene rings is 1. The molecule has 2 fully saturated rings. The first-order valence-electron chi connectivity index (χ1n) is 15.0. The SMILES string of the molecule is CO[C@H]1CN(c2ccc(-c3cc(C(=O)O)c(C)c4c3OC(C)(C3CCC(NC(=O)OC(C)(C)C)CC3)O4)cn2)C[C@@H](OC)O1. The van der Waals surface area contributed by atoms with E-state index in [0.717, 1.165) is 25.7 Å². The summed E-state index contributed by atoms with van der Waals surface area (Å²) in [5.41, 5.74) is 1.38. The van der Waals surface area contributed by atoms with E-state index in [0.29, 0.717) is 47.1 Å². The van der Waals surface area contributed by atoms with Crippen molar-refractivity contribution in [2.24, 2.45) is 5.92 Å². The van der Waals surface area contributed by atoms with Gasteiger partial charge in [0.05, 0.1) is 18.7 Å². The highest BCUT2D eigenvalue weighted by atomic mass is 16.8. The number of nitrogens with one attached hydrogen (secondary N) is 1. The molecule has 0 bridgehead atoms. The topological polar surface area (TPSA) is 138 Å². The van der Waals surface area contributed by atoms with Crippen molar-refractivity contribution in [3.05, 3.63) is 35.5 Å². The molecule has 5 rings (SSSR count). The number of carbonyl (C=O) groups excluding carboxylic acids is 1. The van der Waals surface area contributed by atoms with Gasteiger partial charge in [-0.15, -0.1) is 0 Å². The van der Waals surface area contributed by atoms with Crippen LogP contribution in [-0.2, 0) is 18.9 Å². The first-order valence-corrected chi connectivity index (χ1v) is 15.0. The van der Waals surface area contributed by atoms with E-state index in [1.165, 1.54) is 0 Å². The number of aromatic carboxylic acids is 1. The number of alkyl carbamates (subject to hydrolysis) is 1. The minimum atomic E-state index is -1.05. The number of morpholine rings is 1. The maximum absolute atomic E-state index is 12.3. The van der Waals surface area contributed by atoms with E-state index in [9.17, 15) is 14.7 Å². The van der Waals surface area contributed by atoms with Crippen LogP contribution < -0.4 is 19.7 Å². The van der Waals surface area contributed by atoms with E-state index in [4.69, 9.17) is 28.4 Å². The Morgan fingerprint density at radius 2 is 1.68 bits per heavy atom. The second kappa shape index (κ2) is 12.4. The van der Waals surface area contributed by atoms with Crippen molar-refractivity contribution in [2.75, 3.05) is 32.2 Å². The molecule has 1 amide bonds. The number of carboxylic acid groups (broad SMARTS) is 1. The van der Waals surface area contributed by atoms with Crippen LogP contribution >= 0.6 is 0 Å². The average Bonchev–Trinajstić information content (AvgIpc) is 3.35. The van der Waals surface area contributed by atoms with Gasteiger partial charge < -0.3 is 43.7 Å². The number of hydrogen-bond donors (Lipinski definition) is 2. The zero-order valence-electron chi connectivity index (χ0n) is 26.5. The summed E-state index contributed by atoms with van der Waals surface area (Å²) in [7, 11) is 3.16. The fourth-order valence-electron chi connectivity index (χ4n) is 6.09. The number of anilines is 1. The van der Waals surface area contributed by atoms with Crippen molar-refractivity contribution in [3.63, 3.8) is 0 Å². The third-order valence-corrected chi connectivity index (χ3v) is 8.46. The van der Waals surface area contributed by atoms with E-state index in [2.05, 4.69) is 10.3 Å². The molecule has 2 N–H and O–H groups in total. The van der Waals surface area contributed by atoms with Crippen LogP contribution in [0.3, 0.4) is 0 Å². The largest absolute Gasteiger partial charge is 0.478 e. The van der Waals surface area contributed by atoms with Gasteiger partial charge in [-0.05, 0) is 71.6 Å². The molecule has 12 heteroatoms. The summed E-state index contributed by atoms with van der Waals surface area (Å²) >= 11 is 0. The van der Waals surface area contributed by atoms with Crippen molar-refractivity contribution < 1.29 is 43.1 Å². The van der Waals surface area contributed by atoms with Gasteiger partial charge in [-0.25, -0.2) is 14.6 Å². The number of amides is 1. The molecule has 44 heavy (non-hydrogen) atoms. The molecule has 1 aromatic carbocycles. The summed E-state index contributed by atoms with van der Waals surface area (Å²) in [5.74, 6) is -0.380. The predicted octanol–water partition coefficient (Wildman–Crippen LogP) is 5.11. The van der Waals surface area contributed by atoms with Crippen LogP contribution in [0.15, 0.2) is 24.4 Å². The van der Waals surface area contributed by atoms with Crippen molar-refractivity contribution in [1.82, 2.24) is 10.3 Å². The van der Waals surface area contributed by atoms with Crippen LogP contribution in [0.25, 0.3) is 11.1 Å². The molecular weight excluding hydrogens is 570 g/mol. The quantitative estimate of drug-likeness (QED) is 0.431. The molecule has 2 aliphatic heterocycles. The number of carbonyl (C=O) groups is 2. The third-order valence-electron chi connectivity index (χ3n) is 8.46. The van der Waals surface area contributed by atoms with Gasteiger partial charge in [0.25, 0.3) is 5.79 Å². The van der Waals surface area contributed by atoms with E-state index >= 15 is 0 Å². The van der Waals surface area contributed by atoms with Crippen LogP contribution in [0.2, 0.25) is 0 Å². The highest BCUT2D eigenvalue weighted by Crippen LogP contribution is 2.52. The van der Waals surface area contributed by atoms with Gasteiger partial charge in [0.2, 0.25) is 0 Å². The second-order valence-electron chi connectivity index (χ2n) is 12.8. The van der Waals surface area contributed by atoms with Crippen LogP contribution in [-0.4, -0.2) is 79.5 Å². The number of nitrogens with zero attached hydrogens (tertiary/aromatic N) is 2. The smallest absolute Gasteiger partial charge is 0.407 e. The first kappa shape index (κ1) is 31.8. The number of ether oxygens (including phenoxy) is 6. The number of pyridine rings is 1. The molecule has 0 spiro atoms. The summed E-state index contributed by atoms with van der Waals surface area (Å²) in [6.45, 7) is 10.1. The zero-order valence-corrected chi connectivity index (χ0v) is 26.5. The number of carboxylic acids is 1. The molecule has 0 radical (unpaired) electrons. The second-order valence-corrected chi connectivity index (χ2v) is 12.8. The highest BCUT2D eigenvalue weighted by Gasteiger charge is 2.48. The van der Waals surface area contributed by atoms with E-state index in [1.807, 2.05) is 44.7 Å². The molecule has 3 heterocycles. The molecule has 1 aromatic heterocycles. The number of hydrogen-bond acceptors (Lipinski definition) is 10. The lowest BCUT2D eigenvalue weighted by atomic mass is 9.81. The minimum Gasteiger partial charge on any atom is -0.478 e. The Balaban J connectivity index is 1.35. The monoisotopic (exact) mass is 613 g/mol. The maximum Gasteiger partial charge on any atom is 0.407 e. The Morgan fingerprint density at radius 3 is 2.23 bits per heavy atom. The fourth-order valence-corrected chi connectivity index (χ4v) is 6.09. The summed E-state index contributed by atoms with van der Waals surface area (Å²) in [5, 5.41) is 13.0. The fraction of sp³-hybridized carbons (Fsp3) is 0.594. The Kier molecular flexibility index (Phi) is 8.97. The van der Waals surface area contributed by atoms with Gasteiger partial charge in [0.1, 0.15) is 11.4 Å². The van der Waals surface area contributed by atoms with Crippen LogP contribution in [0, 0.1) is 12.8 Å². The normalized spacial score (nSPS) is 26.8. The number of methoxy groups -OCH3 is 2. The van der Waals surface area contributed by atoms with Crippen molar-refractivity contribution in [2.45, 2.75) is 90.3 Å². The first-order chi connectivity index (χ1) is 20.8. The van der Waals surface area contributed by atoms with Gasteiger partial charge >= 0.3 is 12.1 Å². The molecule has 240 valence electrons. The number of aromatic nitrogens is 1. The van der Waals surface area contributed by atoms with Gasteiger partial charge in [0.15, 0.2) is 24.1 Å². The van der Waals surface area contributed by atoms with Gasteiger partial charge in [0, 0.05) is 56.0 Å². The molecule has 3 aliphatic rings. The van der Waals surface area contributed by atoms with Crippen molar-refractivity contribution in [1.29, 1.82) is 0 Å².